The van der Waals surface area contributed by atoms with Crippen LogP contribution < -0.4 is 16.4 Å². The standard InChI is InChI=1S/C23H32N6O2S/c1-14-11-20(32-29-14)28-23-21(22(24)31)25-13-19(27-23)26-17-9-7-15(8-10-17)12-18(30)16-5-3-2-4-6-16/h11,13,15-17H,2-10,12H2,1H3,(H2,24,31)(H2,26,27,28). The van der Waals surface area contributed by atoms with Gasteiger partial charge in [0.25, 0.3) is 5.91 Å². The number of ketones is 1. The number of aryl methyl sites for hydroxylation is 1. The number of carbonyl (C=O) groups excluding carboxylic acids is 2. The first-order valence-corrected chi connectivity index (χ1v) is 12.4. The summed E-state index contributed by atoms with van der Waals surface area (Å²) >= 11 is 1.29. The zero-order valence-corrected chi connectivity index (χ0v) is 19.4. The third-order valence-electron chi connectivity index (χ3n) is 6.62. The average Bonchev–Trinajstić information content (AvgIpc) is 3.20. The number of hydrogen-bond donors (Lipinski definition) is 3. The molecule has 2 aliphatic rings. The number of aromatic nitrogens is 3. The monoisotopic (exact) mass is 456 g/mol. The summed E-state index contributed by atoms with van der Waals surface area (Å²) in [5.74, 6) is 1.61. The lowest BCUT2D eigenvalue weighted by atomic mass is 9.78. The van der Waals surface area contributed by atoms with Crippen molar-refractivity contribution in [2.45, 2.75) is 77.2 Å². The quantitative estimate of drug-likeness (QED) is 0.530. The average molecular weight is 457 g/mol. The van der Waals surface area contributed by atoms with E-state index in [0.29, 0.717) is 29.3 Å². The van der Waals surface area contributed by atoms with E-state index in [0.717, 1.165) is 55.6 Å². The smallest absolute Gasteiger partial charge is 0.271 e. The molecule has 0 atom stereocenters. The van der Waals surface area contributed by atoms with E-state index >= 15 is 0 Å². The summed E-state index contributed by atoms with van der Waals surface area (Å²) in [6.45, 7) is 1.90. The topological polar surface area (TPSA) is 123 Å². The van der Waals surface area contributed by atoms with Crippen LogP contribution in [0.5, 0.6) is 0 Å². The van der Waals surface area contributed by atoms with Gasteiger partial charge in [-0.15, -0.1) is 0 Å². The maximum Gasteiger partial charge on any atom is 0.271 e. The molecule has 2 aromatic heterocycles. The van der Waals surface area contributed by atoms with Gasteiger partial charge in [0.15, 0.2) is 11.5 Å². The Morgan fingerprint density at radius 2 is 1.88 bits per heavy atom. The van der Waals surface area contributed by atoms with E-state index in [9.17, 15) is 9.59 Å². The van der Waals surface area contributed by atoms with Gasteiger partial charge in [-0.1, -0.05) is 19.3 Å². The molecule has 2 heterocycles. The van der Waals surface area contributed by atoms with Crippen molar-refractivity contribution < 1.29 is 9.59 Å². The maximum atomic E-state index is 12.6. The Hall–Kier alpha value is -2.55. The van der Waals surface area contributed by atoms with Crippen LogP contribution in [0.3, 0.4) is 0 Å². The minimum atomic E-state index is -0.629. The maximum absolute atomic E-state index is 12.6. The highest BCUT2D eigenvalue weighted by molar-refractivity contribution is 7.10. The zero-order valence-electron chi connectivity index (χ0n) is 18.6. The second-order valence-corrected chi connectivity index (χ2v) is 9.95. The van der Waals surface area contributed by atoms with Gasteiger partial charge in [-0.3, -0.25) is 9.59 Å². The van der Waals surface area contributed by atoms with E-state index < -0.39 is 5.91 Å². The predicted octanol–water partition coefficient (Wildman–Crippen LogP) is 4.59. The van der Waals surface area contributed by atoms with Gasteiger partial charge in [0.2, 0.25) is 0 Å². The highest BCUT2D eigenvalue weighted by atomic mass is 32.1. The predicted molar refractivity (Wildman–Crippen MR) is 126 cm³/mol. The Kier molecular flexibility index (Phi) is 7.34. The summed E-state index contributed by atoms with van der Waals surface area (Å²) in [7, 11) is 0. The summed E-state index contributed by atoms with van der Waals surface area (Å²) in [6.07, 6.45) is 12.3. The molecule has 0 radical (unpaired) electrons. The largest absolute Gasteiger partial charge is 0.366 e. The normalized spacial score (nSPS) is 21.8. The summed E-state index contributed by atoms with van der Waals surface area (Å²) in [5.41, 5.74) is 6.47. The van der Waals surface area contributed by atoms with Gasteiger partial charge in [0, 0.05) is 18.4 Å². The fourth-order valence-electron chi connectivity index (χ4n) is 4.86. The van der Waals surface area contributed by atoms with Gasteiger partial charge in [-0.25, -0.2) is 9.97 Å². The van der Waals surface area contributed by atoms with Crippen molar-refractivity contribution in [3.63, 3.8) is 0 Å². The van der Waals surface area contributed by atoms with E-state index in [1.165, 1.54) is 30.8 Å². The lowest BCUT2D eigenvalue weighted by Gasteiger charge is -2.30. The molecule has 0 unspecified atom stereocenters. The Morgan fingerprint density at radius 1 is 1.12 bits per heavy atom. The molecule has 0 spiro atoms. The molecule has 32 heavy (non-hydrogen) atoms. The number of hydrogen-bond acceptors (Lipinski definition) is 8. The molecule has 2 aliphatic carbocycles. The number of carbonyl (C=O) groups is 2. The molecule has 4 rings (SSSR count). The Morgan fingerprint density at radius 3 is 2.53 bits per heavy atom. The number of primary amides is 1. The lowest BCUT2D eigenvalue weighted by molar-refractivity contribution is -0.125. The van der Waals surface area contributed by atoms with Gasteiger partial charge in [-0.2, -0.15) is 4.37 Å². The number of anilines is 3. The van der Waals surface area contributed by atoms with Crippen LogP contribution in [-0.2, 0) is 4.79 Å². The summed E-state index contributed by atoms with van der Waals surface area (Å²) < 4.78 is 4.24. The molecule has 2 saturated carbocycles. The molecule has 0 bridgehead atoms. The van der Waals surface area contributed by atoms with Crippen molar-refractivity contribution in [3.8, 4) is 0 Å². The van der Waals surface area contributed by atoms with E-state index in [1.54, 1.807) is 6.20 Å². The molecule has 172 valence electrons. The van der Waals surface area contributed by atoms with Crippen molar-refractivity contribution >= 4 is 39.9 Å². The first-order chi connectivity index (χ1) is 15.5. The molecular formula is C23H32N6O2S. The molecule has 0 saturated heterocycles. The van der Waals surface area contributed by atoms with Gasteiger partial charge in [0.1, 0.15) is 16.6 Å². The first kappa shape index (κ1) is 22.6. The SMILES string of the molecule is Cc1cc(Nc2nc(NC3CCC(CC(=O)C4CCCCC4)CC3)cnc2C(N)=O)sn1. The van der Waals surface area contributed by atoms with Crippen molar-refractivity contribution in [2.24, 2.45) is 17.6 Å². The van der Waals surface area contributed by atoms with Crippen LogP contribution in [-0.4, -0.2) is 32.1 Å². The molecule has 0 aromatic carbocycles. The molecule has 2 aromatic rings. The Bertz CT molecular complexity index is 948. The van der Waals surface area contributed by atoms with Gasteiger partial charge < -0.3 is 16.4 Å². The molecule has 0 aliphatic heterocycles. The van der Waals surface area contributed by atoms with E-state index in [1.807, 2.05) is 13.0 Å². The summed E-state index contributed by atoms with van der Waals surface area (Å²) in [6, 6.07) is 2.16. The van der Waals surface area contributed by atoms with Crippen LogP contribution in [0.15, 0.2) is 12.3 Å². The zero-order chi connectivity index (χ0) is 22.5. The van der Waals surface area contributed by atoms with Crippen LogP contribution >= 0.6 is 11.5 Å². The van der Waals surface area contributed by atoms with Crippen molar-refractivity contribution in [1.29, 1.82) is 0 Å². The van der Waals surface area contributed by atoms with Gasteiger partial charge in [-0.05, 0) is 69.0 Å². The van der Waals surface area contributed by atoms with Crippen LogP contribution in [0, 0.1) is 18.8 Å². The van der Waals surface area contributed by atoms with Crippen LogP contribution in [0.25, 0.3) is 0 Å². The Labute approximate surface area is 193 Å². The van der Waals surface area contributed by atoms with E-state index in [4.69, 9.17) is 5.73 Å². The van der Waals surface area contributed by atoms with E-state index in [-0.39, 0.29) is 11.7 Å². The van der Waals surface area contributed by atoms with Crippen LogP contribution in [0.4, 0.5) is 16.6 Å². The molecule has 9 heteroatoms. The lowest BCUT2D eigenvalue weighted by Crippen LogP contribution is -2.29. The molecule has 8 nitrogen and oxygen atoms in total. The number of nitrogens with one attached hydrogen (secondary N) is 2. The third kappa shape index (κ3) is 5.82. The van der Waals surface area contributed by atoms with Gasteiger partial charge >= 0.3 is 0 Å². The number of amides is 1. The minimum absolute atomic E-state index is 0.103. The van der Waals surface area contributed by atoms with Crippen molar-refractivity contribution in [3.05, 3.63) is 23.7 Å². The molecule has 1 amide bonds. The second kappa shape index (κ2) is 10.4. The number of rotatable bonds is 8. The third-order valence-corrected chi connectivity index (χ3v) is 7.42. The minimum Gasteiger partial charge on any atom is -0.366 e. The molecule has 4 N–H and O–H groups in total. The fourth-order valence-corrected chi connectivity index (χ4v) is 5.52. The van der Waals surface area contributed by atoms with Crippen LogP contribution in [0.2, 0.25) is 0 Å². The molecular weight excluding hydrogens is 424 g/mol. The first-order valence-electron chi connectivity index (χ1n) is 11.6. The Balaban J connectivity index is 1.32. The summed E-state index contributed by atoms with van der Waals surface area (Å²) in [5, 5.41) is 7.35. The van der Waals surface area contributed by atoms with E-state index in [2.05, 4.69) is 25.0 Å². The highest BCUT2D eigenvalue weighted by Crippen LogP contribution is 2.32. The van der Waals surface area contributed by atoms with Gasteiger partial charge in [0.05, 0.1) is 11.9 Å². The number of nitrogens with two attached hydrogens (primary N) is 1. The fraction of sp³-hybridized carbons (Fsp3) is 0.609. The van der Waals surface area contributed by atoms with Crippen molar-refractivity contribution in [1.82, 2.24) is 14.3 Å². The van der Waals surface area contributed by atoms with Crippen LogP contribution in [0.1, 0.15) is 80.4 Å². The molecule has 2 fully saturated rings. The number of Topliss-reactive ketones (excluding diaryl/α,β-unsaturated/α-hetero) is 1. The second-order valence-electron chi connectivity index (χ2n) is 9.14. The summed E-state index contributed by atoms with van der Waals surface area (Å²) in [4.78, 5) is 33.2. The highest BCUT2D eigenvalue weighted by Gasteiger charge is 2.27. The van der Waals surface area contributed by atoms with Crippen molar-refractivity contribution in [2.75, 3.05) is 10.6 Å². The number of nitrogens with zero attached hydrogens (tertiary/aromatic N) is 3.